The minimum Gasteiger partial charge on any atom is -0.405 e. The number of benzene rings is 1. The van der Waals surface area contributed by atoms with Crippen LogP contribution in [0.1, 0.15) is 15.2 Å². The number of ether oxygens (including phenoxy) is 1. The third-order valence-corrected chi connectivity index (χ3v) is 4.67. The monoisotopic (exact) mass is 419 g/mol. The summed E-state index contributed by atoms with van der Waals surface area (Å²) in [6.45, 7) is 1.86. The van der Waals surface area contributed by atoms with Crippen LogP contribution in [0.4, 0.5) is 18.3 Å². The van der Waals surface area contributed by atoms with Gasteiger partial charge in [-0.25, -0.2) is 14.5 Å². The summed E-state index contributed by atoms with van der Waals surface area (Å²) in [5, 5.41) is 7.15. The average Bonchev–Trinajstić information content (AvgIpc) is 3.26. The smallest absolute Gasteiger partial charge is 0.405 e. The maximum Gasteiger partial charge on any atom is 0.573 e. The molecule has 0 fully saturated rings. The first-order valence-electron chi connectivity index (χ1n) is 8.23. The Labute approximate surface area is 165 Å². The molecule has 4 rings (SSSR count). The lowest BCUT2D eigenvalue weighted by Crippen LogP contribution is -2.17. The maximum absolute atomic E-state index is 12.7. The minimum absolute atomic E-state index is 0.135. The molecule has 0 spiro atoms. The van der Waals surface area contributed by atoms with Crippen LogP contribution >= 0.6 is 11.3 Å². The Morgan fingerprint density at radius 3 is 2.72 bits per heavy atom. The van der Waals surface area contributed by atoms with Gasteiger partial charge < -0.3 is 4.74 Å². The highest BCUT2D eigenvalue weighted by molar-refractivity contribution is 7.15. The fourth-order valence-corrected chi connectivity index (χ4v) is 3.31. The number of para-hydroxylation sites is 1. The Morgan fingerprint density at radius 2 is 2.00 bits per heavy atom. The van der Waals surface area contributed by atoms with Crippen molar-refractivity contribution in [3.05, 3.63) is 59.4 Å². The van der Waals surface area contributed by atoms with Crippen molar-refractivity contribution in [3.63, 3.8) is 0 Å². The number of carbonyl (C=O) groups is 1. The highest BCUT2D eigenvalue weighted by atomic mass is 32.1. The largest absolute Gasteiger partial charge is 0.573 e. The van der Waals surface area contributed by atoms with Crippen LogP contribution in [-0.2, 0) is 0 Å². The number of rotatable bonds is 4. The number of anilines is 1. The number of alkyl halides is 3. The molecular formula is C18H12F3N5O2S. The van der Waals surface area contributed by atoms with E-state index in [2.05, 4.69) is 25.1 Å². The first-order chi connectivity index (χ1) is 13.8. The Bertz CT molecular complexity index is 1200. The molecule has 1 N–H and O–H groups in total. The summed E-state index contributed by atoms with van der Waals surface area (Å²) in [7, 11) is 0. The van der Waals surface area contributed by atoms with Gasteiger partial charge in [-0.2, -0.15) is 5.10 Å². The fraction of sp³-hybridized carbons (Fsp3) is 0.111. The molecule has 0 aliphatic rings. The van der Waals surface area contributed by atoms with Crippen molar-refractivity contribution in [3.8, 4) is 17.0 Å². The van der Waals surface area contributed by atoms with Crippen LogP contribution in [0.25, 0.3) is 16.9 Å². The van der Waals surface area contributed by atoms with Crippen LogP contribution in [-0.4, -0.2) is 31.9 Å². The molecular weight excluding hydrogens is 407 g/mol. The second-order valence-corrected chi connectivity index (χ2v) is 7.15. The van der Waals surface area contributed by atoms with Crippen molar-refractivity contribution in [1.29, 1.82) is 0 Å². The molecule has 1 aromatic carbocycles. The molecule has 0 aliphatic heterocycles. The summed E-state index contributed by atoms with van der Waals surface area (Å²) in [6, 6.07) is 7.14. The number of thiazole rings is 1. The molecule has 3 heterocycles. The molecule has 0 bridgehead atoms. The summed E-state index contributed by atoms with van der Waals surface area (Å²) in [4.78, 5) is 21.9. The molecule has 1 amide bonds. The lowest BCUT2D eigenvalue weighted by Gasteiger charge is -2.13. The number of nitrogens with one attached hydrogen (secondary N) is 1. The average molecular weight is 419 g/mol. The predicted octanol–water partition coefficient (Wildman–Crippen LogP) is 4.31. The van der Waals surface area contributed by atoms with Crippen LogP contribution in [0.3, 0.4) is 0 Å². The van der Waals surface area contributed by atoms with Gasteiger partial charge in [0.1, 0.15) is 11.3 Å². The van der Waals surface area contributed by atoms with Crippen molar-refractivity contribution in [2.24, 2.45) is 0 Å². The van der Waals surface area contributed by atoms with E-state index in [1.165, 1.54) is 52.5 Å². The molecule has 0 saturated carbocycles. The topological polar surface area (TPSA) is 81.4 Å². The number of carbonyl (C=O) groups excluding carboxylic acids is 1. The van der Waals surface area contributed by atoms with E-state index in [1.54, 1.807) is 12.3 Å². The van der Waals surface area contributed by atoms with Crippen molar-refractivity contribution >= 4 is 28.0 Å². The Balaban J connectivity index is 1.72. The van der Waals surface area contributed by atoms with Crippen LogP contribution in [0, 0.1) is 6.92 Å². The van der Waals surface area contributed by atoms with Crippen LogP contribution in [0.5, 0.6) is 5.75 Å². The summed E-state index contributed by atoms with van der Waals surface area (Å²) in [5.74, 6) is -0.862. The number of aromatic nitrogens is 4. The maximum atomic E-state index is 12.7. The first-order valence-corrected chi connectivity index (χ1v) is 9.05. The molecule has 29 heavy (non-hydrogen) atoms. The number of fused-ring (bicyclic) bond motifs is 1. The standard InChI is InChI=1S/C18H12F3N5O2S/c1-10-8-22-17(29-10)25-16(27)12-9-23-26-7-6-13(24-15(12)26)11-4-2-3-5-14(11)28-18(19,20)21/h2-9H,1H3,(H,22,25,27). The quantitative estimate of drug-likeness (QED) is 0.533. The van der Waals surface area contributed by atoms with E-state index >= 15 is 0 Å². The first kappa shape index (κ1) is 18.9. The number of nitrogens with zero attached hydrogens (tertiary/aromatic N) is 4. The van der Waals surface area contributed by atoms with Gasteiger partial charge in [0.15, 0.2) is 10.8 Å². The molecule has 4 aromatic rings. The van der Waals surface area contributed by atoms with Gasteiger partial charge in [0.05, 0.1) is 11.9 Å². The van der Waals surface area contributed by atoms with E-state index in [1.807, 2.05) is 6.92 Å². The third kappa shape index (κ3) is 4.04. The van der Waals surface area contributed by atoms with E-state index in [0.29, 0.717) is 5.13 Å². The summed E-state index contributed by atoms with van der Waals surface area (Å²) >= 11 is 1.31. The van der Waals surface area contributed by atoms with Crippen molar-refractivity contribution in [2.75, 3.05) is 5.32 Å². The van der Waals surface area contributed by atoms with Gasteiger partial charge in [-0.15, -0.1) is 24.5 Å². The molecule has 0 saturated heterocycles. The van der Waals surface area contributed by atoms with E-state index in [-0.39, 0.29) is 28.2 Å². The van der Waals surface area contributed by atoms with Gasteiger partial charge >= 0.3 is 6.36 Å². The van der Waals surface area contributed by atoms with E-state index < -0.39 is 12.3 Å². The molecule has 7 nitrogen and oxygen atoms in total. The van der Waals surface area contributed by atoms with Crippen molar-refractivity contribution in [2.45, 2.75) is 13.3 Å². The van der Waals surface area contributed by atoms with Gasteiger partial charge in [0.25, 0.3) is 5.91 Å². The number of amides is 1. The normalized spacial score (nSPS) is 11.6. The Kier molecular flexibility index (Phi) is 4.66. The van der Waals surface area contributed by atoms with E-state index in [9.17, 15) is 18.0 Å². The zero-order valence-corrected chi connectivity index (χ0v) is 15.6. The molecule has 0 radical (unpaired) electrons. The molecule has 0 unspecified atom stereocenters. The zero-order chi connectivity index (χ0) is 20.6. The number of halogens is 3. The number of hydrogen-bond acceptors (Lipinski definition) is 6. The Hall–Kier alpha value is -3.47. The number of aryl methyl sites for hydroxylation is 1. The lowest BCUT2D eigenvalue weighted by atomic mass is 10.1. The van der Waals surface area contributed by atoms with Crippen LogP contribution in [0.2, 0.25) is 0 Å². The zero-order valence-electron chi connectivity index (χ0n) is 14.8. The highest BCUT2D eigenvalue weighted by Crippen LogP contribution is 2.33. The van der Waals surface area contributed by atoms with Gasteiger partial charge in [0, 0.05) is 22.8 Å². The second-order valence-electron chi connectivity index (χ2n) is 5.91. The summed E-state index contributed by atoms with van der Waals surface area (Å²) in [5.41, 5.74) is 0.691. The van der Waals surface area contributed by atoms with Gasteiger partial charge in [-0.3, -0.25) is 10.1 Å². The number of hydrogen-bond donors (Lipinski definition) is 1. The van der Waals surface area contributed by atoms with Gasteiger partial charge in [-0.05, 0) is 25.1 Å². The third-order valence-electron chi connectivity index (χ3n) is 3.84. The van der Waals surface area contributed by atoms with Gasteiger partial charge in [-0.1, -0.05) is 12.1 Å². The Morgan fingerprint density at radius 1 is 1.21 bits per heavy atom. The van der Waals surface area contributed by atoms with Crippen molar-refractivity contribution in [1.82, 2.24) is 19.6 Å². The summed E-state index contributed by atoms with van der Waals surface area (Å²) in [6.07, 6.45) is -0.371. The fourth-order valence-electron chi connectivity index (χ4n) is 2.65. The van der Waals surface area contributed by atoms with Crippen molar-refractivity contribution < 1.29 is 22.7 Å². The molecule has 0 aliphatic carbocycles. The molecule has 0 atom stereocenters. The SMILES string of the molecule is Cc1cnc(NC(=O)c2cnn3ccc(-c4ccccc4OC(F)(F)F)nc23)s1. The summed E-state index contributed by atoms with van der Waals surface area (Å²) < 4.78 is 43.6. The minimum atomic E-state index is -4.84. The molecule has 11 heteroatoms. The van der Waals surface area contributed by atoms with E-state index in [0.717, 1.165) is 4.88 Å². The second kappa shape index (κ2) is 7.17. The lowest BCUT2D eigenvalue weighted by molar-refractivity contribution is -0.274. The highest BCUT2D eigenvalue weighted by Gasteiger charge is 2.32. The van der Waals surface area contributed by atoms with Crippen LogP contribution in [0.15, 0.2) is 48.9 Å². The molecule has 3 aromatic heterocycles. The van der Waals surface area contributed by atoms with Crippen LogP contribution < -0.4 is 10.1 Å². The predicted molar refractivity (Wildman–Crippen MR) is 99.9 cm³/mol. The van der Waals surface area contributed by atoms with E-state index in [4.69, 9.17) is 0 Å². The molecule has 148 valence electrons. The van der Waals surface area contributed by atoms with Gasteiger partial charge in [0.2, 0.25) is 0 Å².